The Kier molecular flexibility index (Phi) is 4.47. The van der Waals surface area contributed by atoms with Crippen LogP contribution >= 0.6 is 0 Å². The second-order valence-electron chi connectivity index (χ2n) is 6.39. The van der Waals surface area contributed by atoms with Crippen LogP contribution in [0, 0.1) is 0 Å². The fraction of sp³-hybridized carbons (Fsp3) is 0.211. The molecule has 0 aliphatic heterocycles. The van der Waals surface area contributed by atoms with Crippen molar-refractivity contribution in [1.82, 2.24) is 0 Å². The van der Waals surface area contributed by atoms with Gasteiger partial charge in [-0.3, -0.25) is 4.55 Å². The summed E-state index contributed by atoms with van der Waals surface area (Å²) in [7, 11) is -4.50. The number of esters is 1. The minimum Gasteiger partial charge on any atom is -0.424 e. The summed E-state index contributed by atoms with van der Waals surface area (Å²) in [5, 5.41) is 1.34. The number of ether oxygens (including phenoxy) is 1. The van der Waals surface area contributed by atoms with E-state index in [9.17, 15) is 17.8 Å². The number of benzene rings is 3. The van der Waals surface area contributed by atoms with Crippen LogP contribution in [0.4, 0.5) is 0 Å². The first kappa shape index (κ1) is 18.3. The Morgan fingerprint density at radius 1 is 1.04 bits per heavy atom. The Labute approximate surface area is 151 Å². The Hall–Kier alpha value is -2.48. The molecule has 3 aromatic carbocycles. The van der Waals surface area contributed by atoms with Crippen molar-refractivity contribution in [2.24, 2.45) is 5.73 Å². The van der Waals surface area contributed by atoms with Gasteiger partial charge in [-0.25, -0.2) is 4.79 Å². The maximum absolute atomic E-state index is 12.5. The van der Waals surface area contributed by atoms with Crippen LogP contribution in [0.1, 0.15) is 20.3 Å². The summed E-state index contributed by atoms with van der Waals surface area (Å²) in [5.74, 6) is -0.395. The normalized spacial score (nSPS) is 14.3. The van der Waals surface area contributed by atoms with Crippen LogP contribution in [0.2, 0.25) is 0 Å². The maximum Gasteiger partial charge on any atom is 0.331 e. The molecule has 0 heterocycles. The first-order valence-electron chi connectivity index (χ1n) is 8.09. The number of rotatable bonds is 4. The third-order valence-corrected chi connectivity index (χ3v) is 5.44. The van der Waals surface area contributed by atoms with E-state index in [2.05, 4.69) is 0 Å². The van der Waals surface area contributed by atoms with Gasteiger partial charge in [0.25, 0.3) is 10.1 Å². The van der Waals surface area contributed by atoms with Crippen LogP contribution in [0.5, 0.6) is 5.75 Å². The summed E-state index contributed by atoms with van der Waals surface area (Å²) in [6.45, 7) is 3.35. The van der Waals surface area contributed by atoms with Gasteiger partial charge in [0.1, 0.15) is 16.2 Å². The molecular formula is C19H19NO5S. The molecule has 0 aromatic heterocycles. The molecule has 0 saturated carbocycles. The van der Waals surface area contributed by atoms with Crippen molar-refractivity contribution in [1.29, 1.82) is 0 Å². The molecule has 0 radical (unpaired) electrons. The van der Waals surface area contributed by atoms with E-state index in [4.69, 9.17) is 10.5 Å². The molecule has 0 aliphatic rings. The highest BCUT2D eigenvalue weighted by Gasteiger charge is 2.30. The second kappa shape index (κ2) is 6.35. The van der Waals surface area contributed by atoms with E-state index in [-0.39, 0.29) is 21.4 Å². The van der Waals surface area contributed by atoms with Gasteiger partial charge in [0, 0.05) is 21.5 Å². The van der Waals surface area contributed by atoms with E-state index in [1.165, 1.54) is 0 Å². The van der Waals surface area contributed by atoms with Crippen LogP contribution < -0.4 is 10.5 Å². The monoisotopic (exact) mass is 373 g/mol. The quantitative estimate of drug-likeness (QED) is 0.315. The molecule has 1 atom stereocenters. The highest BCUT2D eigenvalue weighted by atomic mass is 32.2. The lowest BCUT2D eigenvalue weighted by Gasteiger charge is -2.22. The summed E-state index contributed by atoms with van der Waals surface area (Å²) >= 11 is 0. The van der Waals surface area contributed by atoms with Crippen molar-refractivity contribution in [3.05, 3.63) is 48.5 Å². The van der Waals surface area contributed by atoms with Gasteiger partial charge in [0.15, 0.2) is 0 Å². The topological polar surface area (TPSA) is 107 Å². The van der Waals surface area contributed by atoms with Crippen molar-refractivity contribution in [3.63, 3.8) is 0 Å². The Morgan fingerprint density at radius 2 is 1.46 bits per heavy atom. The lowest BCUT2D eigenvalue weighted by Crippen LogP contribution is -2.46. The van der Waals surface area contributed by atoms with Crippen LogP contribution in [0.15, 0.2) is 53.4 Å². The number of hydrogen-bond donors (Lipinski definition) is 2. The van der Waals surface area contributed by atoms with Gasteiger partial charge in [-0.1, -0.05) is 55.5 Å². The SMILES string of the molecule is CCC(C)(N)C(=O)Oc1c2ccccc2c(S(=O)(=O)O)c2ccccc12. The van der Waals surface area contributed by atoms with E-state index in [1.807, 2.05) is 0 Å². The number of carbonyl (C=O) groups excluding carboxylic acids is 1. The zero-order valence-electron chi connectivity index (χ0n) is 14.4. The summed E-state index contributed by atoms with van der Waals surface area (Å²) in [4.78, 5) is 12.3. The van der Waals surface area contributed by atoms with Crippen LogP contribution in [-0.4, -0.2) is 24.5 Å². The van der Waals surface area contributed by atoms with E-state index in [0.717, 1.165) is 0 Å². The van der Waals surface area contributed by atoms with Crippen LogP contribution in [0.25, 0.3) is 21.5 Å². The molecule has 136 valence electrons. The molecule has 3 N–H and O–H groups in total. The van der Waals surface area contributed by atoms with Crippen LogP contribution in [0.3, 0.4) is 0 Å². The van der Waals surface area contributed by atoms with E-state index in [1.54, 1.807) is 62.4 Å². The number of carbonyl (C=O) groups is 1. The fourth-order valence-electron chi connectivity index (χ4n) is 2.79. The molecule has 0 saturated heterocycles. The average Bonchev–Trinajstić information content (AvgIpc) is 2.60. The molecule has 0 fully saturated rings. The molecular weight excluding hydrogens is 354 g/mol. The average molecular weight is 373 g/mol. The summed E-state index contributed by atoms with van der Waals surface area (Å²) in [6, 6.07) is 13.1. The molecule has 3 rings (SSSR count). The highest BCUT2D eigenvalue weighted by Crippen LogP contribution is 2.40. The second-order valence-corrected chi connectivity index (χ2v) is 7.74. The molecule has 0 bridgehead atoms. The molecule has 7 heteroatoms. The van der Waals surface area contributed by atoms with Crippen molar-refractivity contribution in [3.8, 4) is 5.75 Å². The van der Waals surface area contributed by atoms with Gasteiger partial charge in [0.05, 0.1) is 0 Å². The maximum atomic E-state index is 12.5. The predicted molar refractivity (Wildman–Crippen MR) is 99.8 cm³/mol. The molecule has 6 nitrogen and oxygen atoms in total. The molecule has 1 unspecified atom stereocenters. The Bertz CT molecular complexity index is 1060. The number of fused-ring (bicyclic) bond motifs is 2. The first-order valence-corrected chi connectivity index (χ1v) is 9.53. The third kappa shape index (κ3) is 3.05. The van der Waals surface area contributed by atoms with Crippen molar-refractivity contribution in [2.45, 2.75) is 30.7 Å². The van der Waals surface area contributed by atoms with Crippen molar-refractivity contribution >= 4 is 37.6 Å². The van der Waals surface area contributed by atoms with Gasteiger partial charge in [0.2, 0.25) is 0 Å². The summed E-state index contributed by atoms with van der Waals surface area (Å²) in [5.41, 5.74) is 4.81. The molecule has 3 aromatic rings. The lowest BCUT2D eigenvalue weighted by molar-refractivity contribution is -0.139. The minimum atomic E-state index is -4.50. The standard InChI is InChI=1S/C19H19NO5S/c1-3-19(2,20)18(21)25-16-12-8-4-6-10-14(12)17(26(22,23)24)15-11-7-5-9-13(15)16/h4-11H,3,20H2,1-2H3,(H,22,23,24). The molecule has 0 aliphatic carbocycles. The number of nitrogens with two attached hydrogens (primary N) is 1. The summed E-state index contributed by atoms with van der Waals surface area (Å²) in [6.07, 6.45) is 0.380. The van der Waals surface area contributed by atoms with Crippen molar-refractivity contribution in [2.75, 3.05) is 0 Å². The lowest BCUT2D eigenvalue weighted by atomic mass is 10.00. The van der Waals surface area contributed by atoms with E-state index >= 15 is 0 Å². The van der Waals surface area contributed by atoms with Gasteiger partial charge >= 0.3 is 5.97 Å². The van der Waals surface area contributed by atoms with Gasteiger partial charge in [-0.2, -0.15) is 8.42 Å². The van der Waals surface area contributed by atoms with Crippen LogP contribution in [-0.2, 0) is 14.9 Å². The van der Waals surface area contributed by atoms with E-state index < -0.39 is 21.6 Å². The van der Waals surface area contributed by atoms with E-state index in [0.29, 0.717) is 17.2 Å². The Balaban J connectivity index is 2.42. The molecule has 0 amide bonds. The smallest absolute Gasteiger partial charge is 0.331 e. The predicted octanol–water partition coefficient (Wildman–Crippen LogP) is 3.27. The van der Waals surface area contributed by atoms with Gasteiger partial charge < -0.3 is 10.5 Å². The third-order valence-electron chi connectivity index (χ3n) is 4.49. The highest BCUT2D eigenvalue weighted by molar-refractivity contribution is 7.86. The first-order chi connectivity index (χ1) is 12.2. The van der Waals surface area contributed by atoms with Crippen molar-refractivity contribution < 1.29 is 22.5 Å². The molecule has 0 spiro atoms. The summed E-state index contributed by atoms with van der Waals surface area (Å²) < 4.78 is 39.4. The van der Waals surface area contributed by atoms with Gasteiger partial charge in [-0.05, 0) is 13.3 Å². The molecule has 26 heavy (non-hydrogen) atoms. The zero-order chi connectivity index (χ0) is 19.1. The zero-order valence-corrected chi connectivity index (χ0v) is 15.2. The minimum absolute atomic E-state index is 0.213. The Morgan fingerprint density at radius 3 is 1.85 bits per heavy atom. The fourth-order valence-corrected chi connectivity index (χ4v) is 3.70. The largest absolute Gasteiger partial charge is 0.424 e. The number of hydrogen-bond acceptors (Lipinski definition) is 5. The van der Waals surface area contributed by atoms with Gasteiger partial charge in [-0.15, -0.1) is 0 Å².